The summed E-state index contributed by atoms with van der Waals surface area (Å²) in [5.41, 5.74) is 6.31. The highest BCUT2D eigenvalue weighted by Crippen LogP contribution is 2.22. The summed E-state index contributed by atoms with van der Waals surface area (Å²) in [7, 11) is 0. The summed E-state index contributed by atoms with van der Waals surface area (Å²) in [5.74, 6) is -8.95. The van der Waals surface area contributed by atoms with Gasteiger partial charge < -0.3 is 46.9 Å². The average Bonchev–Trinajstić information content (AvgIpc) is 2.93. The molecule has 9 N–H and O–H groups in total. The van der Waals surface area contributed by atoms with Crippen molar-refractivity contribution in [1.82, 2.24) is 15.3 Å². The number of alkyl halides is 6. The SMILES string of the molecule is Nc1nc(=O)c2c([nH]1)NC[C@@H](CNc1ccc(C(=O)N[C@@H](CCC(=O)O)C(=O)O)cc1)N2.O=C(OC(=O)C(F)(F)F)C(F)(F)F. The molecule has 2 aromatic rings. The van der Waals surface area contributed by atoms with Crippen molar-refractivity contribution in [3.8, 4) is 0 Å². The van der Waals surface area contributed by atoms with E-state index < -0.39 is 53.7 Å². The molecule has 2 heterocycles. The Kier molecular flexibility index (Phi) is 11.7. The maximum Gasteiger partial charge on any atom is 0.491 e. The number of benzene rings is 1. The highest BCUT2D eigenvalue weighted by atomic mass is 19.4. The number of ether oxygens (including phenoxy) is 1. The molecule has 22 heteroatoms. The van der Waals surface area contributed by atoms with Crippen molar-refractivity contribution in [3.63, 3.8) is 0 Å². The topological polar surface area (TPSA) is 255 Å². The number of nitrogens with two attached hydrogens (primary N) is 1. The van der Waals surface area contributed by atoms with Gasteiger partial charge in [0, 0.05) is 30.8 Å². The summed E-state index contributed by atoms with van der Waals surface area (Å²) in [6.45, 7) is 0.977. The van der Waals surface area contributed by atoms with Crippen LogP contribution >= 0.6 is 0 Å². The van der Waals surface area contributed by atoms with Gasteiger partial charge in [0.25, 0.3) is 11.5 Å². The molecule has 1 aliphatic heterocycles. The molecule has 0 spiro atoms. The van der Waals surface area contributed by atoms with E-state index in [9.17, 15) is 55.1 Å². The monoisotopic (exact) mass is 655 g/mol. The van der Waals surface area contributed by atoms with Gasteiger partial charge in [0.1, 0.15) is 17.5 Å². The Bertz CT molecular complexity index is 1460. The van der Waals surface area contributed by atoms with Gasteiger partial charge in [-0.05, 0) is 30.7 Å². The van der Waals surface area contributed by atoms with E-state index in [-0.39, 0.29) is 30.4 Å². The maximum atomic E-state index is 12.3. The molecule has 45 heavy (non-hydrogen) atoms. The summed E-state index contributed by atoms with van der Waals surface area (Å²) in [5, 5.41) is 29.5. The van der Waals surface area contributed by atoms with Gasteiger partial charge in [-0.25, -0.2) is 14.4 Å². The number of aromatic nitrogens is 2. The number of amides is 1. The number of rotatable bonds is 9. The van der Waals surface area contributed by atoms with Gasteiger partial charge in [-0.3, -0.25) is 14.4 Å². The van der Waals surface area contributed by atoms with Gasteiger partial charge in [-0.2, -0.15) is 31.3 Å². The first-order valence-corrected chi connectivity index (χ1v) is 12.2. The second kappa shape index (κ2) is 14.7. The molecule has 1 aromatic carbocycles. The number of esters is 2. The number of carbonyl (C=O) groups excluding carboxylic acids is 3. The van der Waals surface area contributed by atoms with Crippen molar-refractivity contribution in [2.45, 2.75) is 37.3 Å². The fraction of sp³-hybridized carbons (Fsp3) is 0.348. The minimum Gasteiger partial charge on any atom is -0.481 e. The number of anilines is 4. The highest BCUT2D eigenvalue weighted by molar-refractivity contribution is 5.97. The number of aromatic amines is 1. The second-order valence-electron chi connectivity index (χ2n) is 8.83. The van der Waals surface area contributed by atoms with E-state index in [1.165, 1.54) is 12.1 Å². The number of halogens is 6. The van der Waals surface area contributed by atoms with Crippen LogP contribution in [0.15, 0.2) is 29.1 Å². The van der Waals surface area contributed by atoms with Crippen LogP contribution in [-0.4, -0.2) is 87.5 Å². The molecule has 2 atom stereocenters. The summed E-state index contributed by atoms with van der Waals surface area (Å²) in [6, 6.07) is 4.93. The average molecular weight is 655 g/mol. The molecule has 0 saturated heterocycles. The number of carboxylic acids is 2. The summed E-state index contributed by atoms with van der Waals surface area (Å²) in [4.78, 5) is 71.9. The standard InChI is InChI=1S/C19H23N7O6.C4F6O3/c20-19-25-15-14(17(30)26-19)23-11(8-22-15)7-21-10-3-1-9(2-4-10)16(29)24-12(18(31)32)5-6-13(27)28;5-3(6,7)1(11)13-2(12)4(8,9)10/h1-4,11-12,21,23H,5-8H2,(H,24,29)(H,27,28)(H,31,32)(H4,20,22,25,26,30);/t11-,12+;/m1./s1. The van der Waals surface area contributed by atoms with Crippen LogP contribution in [0.2, 0.25) is 0 Å². The molecule has 0 bridgehead atoms. The number of carbonyl (C=O) groups is 5. The number of carboxylic acid groups (broad SMARTS) is 2. The Morgan fingerprint density at radius 2 is 1.60 bits per heavy atom. The Balaban J connectivity index is 0.000000459. The quantitative estimate of drug-likeness (QED) is 0.106. The zero-order valence-corrected chi connectivity index (χ0v) is 22.3. The fourth-order valence-corrected chi connectivity index (χ4v) is 3.31. The normalized spacial score (nSPS) is 14.6. The van der Waals surface area contributed by atoms with Crippen molar-refractivity contribution in [3.05, 3.63) is 40.2 Å². The number of hydrogen-bond acceptors (Lipinski definition) is 12. The molecule has 0 fully saturated rings. The van der Waals surface area contributed by atoms with Crippen LogP contribution in [0.25, 0.3) is 0 Å². The summed E-state index contributed by atoms with van der Waals surface area (Å²) >= 11 is 0. The lowest BCUT2D eigenvalue weighted by atomic mass is 10.1. The molecule has 0 radical (unpaired) electrons. The summed E-state index contributed by atoms with van der Waals surface area (Å²) < 4.78 is 69.7. The maximum absolute atomic E-state index is 12.3. The third-order valence-corrected chi connectivity index (χ3v) is 5.41. The lowest BCUT2D eigenvalue weighted by Gasteiger charge is -2.27. The number of fused-ring (bicyclic) bond motifs is 1. The Hall–Kier alpha value is -5.57. The van der Waals surface area contributed by atoms with Crippen LogP contribution in [0.1, 0.15) is 23.2 Å². The van der Waals surface area contributed by atoms with E-state index in [1.54, 1.807) is 12.1 Å². The molecule has 3 rings (SSSR count). The lowest BCUT2D eigenvalue weighted by Crippen LogP contribution is -2.41. The van der Waals surface area contributed by atoms with Crippen LogP contribution in [-0.2, 0) is 23.9 Å². The highest BCUT2D eigenvalue weighted by Gasteiger charge is 2.49. The van der Waals surface area contributed by atoms with Gasteiger partial charge in [-0.15, -0.1) is 0 Å². The second-order valence-corrected chi connectivity index (χ2v) is 8.83. The smallest absolute Gasteiger partial charge is 0.481 e. The van der Waals surface area contributed by atoms with Crippen molar-refractivity contribution in [2.75, 3.05) is 34.8 Å². The molecule has 1 aliphatic rings. The largest absolute Gasteiger partial charge is 0.491 e. The van der Waals surface area contributed by atoms with Gasteiger partial charge in [0.05, 0.1) is 6.04 Å². The number of nitrogen functional groups attached to an aromatic ring is 1. The van der Waals surface area contributed by atoms with E-state index in [4.69, 9.17) is 15.9 Å². The Labute approximate surface area is 246 Å². The molecule has 0 aliphatic carbocycles. The molecule has 1 amide bonds. The molecule has 246 valence electrons. The Morgan fingerprint density at radius 3 is 2.11 bits per heavy atom. The van der Waals surface area contributed by atoms with Gasteiger partial charge >= 0.3 is 36.2 Å². The first kappa shape index (κ1) is 35.6. The van der Waals surface area contributed by atoms with Crippen LogP contribution in [0.5, 0.6) is 0 Å². The fourth-order valence-electron chi connectivity index (χ4n) is 3.31. The predicted octanol–water partition coefficient (Wildman–Crippen LogP) is 0.899. The number of aliphatic carboxylic acids is 2. The summed E-state index contributed by atoms with van der Waals surface area (Å²) in [6.07, 6.45) is -11.8. The molecule has 0 saturated carbocycles. The van der Waals surface area contributed by atoms with Crippen LogP contribution < -0.4 is 32.6 Å². The number of hydrogen-bond donors (Lipinski definition) is 8. The minimum absolute atomic E-state index is 0.0281. The minimum atomic E-state index is -5.62. The van der Waals surface area contributed by atoms with E-state index in [2.05, 4.69) is 36.0 Å². The van der Waals surface area contributed by atoms with Crippen LogP contribution in [0.3, 0.4) is 0 Å². The van der Waals surface area contributed by atoms with Crippen molar-refractivity contribution >= 4 is 52.9 Å². The van der Waals surface area contributed by atoms with Crippen LogP contribution in [0, 0.1) is 0 Å². The van der Waals surface area contributed by atoms with Crippen LogP contribution in [0.4, 0.5) is 49.5 Å². The third-order valence-electron chi connectivity index (χ3n) is 5.41. The first-order chi connectivity index (χ1) is 20.8. The number of nitrogens with zero attached hydrogens (tertiary/aromatic N) is 1. The molecular formula is C23H23F6N7O9. The van der Waals surface area contributed by atoms with Gasteiger partial charge in [0.15, 0.2) is 0 Å². The van der Waals surface area contributed by atoms with E-state index in [0.717, 1.165) is 0 Å². The number of nitrogens with one attached hydrogen (secondary N) is 5. The Morgan fingerprint density at radius 1 is 1.02 bits per heavy atom. The van der Waals surface area contributed by atoms with E-state index in [1.807, 2.05) is 0 Å². The van der Waals surface area contributed by atoms with E-state index in [0.29, 0.717) is 30.3 Å². The first-order valence-electron chi connectivity index (χ1n) is 12.2. The van der Waals surface area contributed by atoms with Crippen molar-refractivity contribution < 1.29 is 65.3 Å². The zero-order valence-electron chi connectivity index (χ0n) is 22.3. The molecule has 0 unspecified atom stereocenters. The van der Waals surface area contributed by atoms with Gasteiger partial charge in [0.2, 0.25) is 5.95 Å². The number of H-pyrrole nitrogens is 1. The lowest BCUT2D eigenvalue weighted by molar-refractivity contribution is -0.221. The predicted molar refractivity (Wildman–Crippen MR) is 139 cm³/mol. The molecule has 16 nitrogen and oxygen atoms in total. The van der Waals surface area contributed by atoms with E-state index >= 15 is 0 Å². The molecule has 1 aromatic heterocycles. The van der Waals surface area contributed by atoms with Crippen molar-refractivity contribution in [2.24, 2.45) is 0 Å². The molecular weight excluding hydrogens is 632 g/mol. The van der Waals surface area contributed by atoms with Crippen molar-refractivity contribution in [1.29, 1.82) is 0 Å². The zero-order chi connectivity index (χ0) is 34.1. The van der Waals surface area contributed by atoms with Gasteiger partial charge in [-0.1, -0.05) is 0 Å². The third kappa shape index (κ3) is 11.2.